The van der Waals surface area contributed by atoms with Crippen molar-refractivity contribution in [3.63, 3.8) is 0 Å². The van der Waals surface area contributed by atoms with Crippen LogP contribution in [0, 0.1) is 13.8 Å². The lowest BCUT2D eigenvalue weighted by atomic mass is 9.73. The van der Waals surface area contributed by atoms with Crippen molar-refractivity contribution in [3.05, 3.63) is 34.9 Å². The average molecular weight is 248 g/mol. The maximum absolute atomic E-state index is 5.74. The molecule has 0 radical (unpaired) electrons. The molecule has 0 amide bonds. The van der Waals surface area contributed by atoms with E-state index < -0.39 is 0 Å². The van der Waals surface area contributed by atoms with Gasteiger partial charge >= 0.3 is 0 Å². The molecular formula is C15H24N2O. The Morgan fingerprint density at radius 2 is 1.89 bits per heavy atom. The van der Waals surface area contributed by atoms with Gasteiger partial charge in [0.1, 0.15) is 0 Å². The number of nitrogens with two attached hydrogens (primary N) is 1. The van der Waals surface area contributed by atoms with E-state index in [0.29, 0.717) is 0 Å². The maximum atomic E-state index is 5.74. The molecule has 1 aromatic carbocycles. The highest BCUT2D eigenvalue weighted by molar-refractivity contribution is 5.29. The van der Waals surface area contributed by atoms with Gasteiger partial charge in [-0.25, -0.2) is 0 Å². The van der Waals surface area contributed by atoms with Crippen LogP contribution >= 0.6 is 0 Å². The average Bonchev–Trinajstić information content (AvgIpc) is 2.25. The van der Waals surface area contributed by atoms with Gasteiger partial charge in [0.2, 0.25) is 0 Å². The van der Waals surface area contributed by atoms with Crippen LogP contribution in [0.3, 0.4) is 0 Å². The molecule has 18 heavy (non-hydrogen) atoms. The zero-order valence-electron chi connectivity index (χ0n) is 11.6. The summed E-state index contributed by atoms with van der Waals surface area (Å²) in [5.41, 5.74) is 6.84. The molecule has 1 fully saturated rings. The van der Waals surface area contributed by atoms with Crippen LogP contribution in [0.4, 0.5) is 0 Å². The van der Waals surface area contributed by atoms with Crippen molar-refractivity contribution in [3.8, 4) is 0 Å². The second kappa shape index (κ2) is 5.39. The van der Waals surface area contributed by atoms with Gasteiger partial charge in [0.15, 0.2) is 0 Å². The highest BCUT2D eigenvalue weighted by atomic mass is 16.5. The second-order valence-electron chi connectivity index (χ2n) is 5.54. The molecule has 0 spiro atoms. The smallest absolute Gasteiger partial charge is 0.0847 e. The Hall–Kier alpha value is -0.900. The lowest BCUT2D eigenvalue weighted by Gasteiger charge is -2.46. The molecule has 0 heterocycles. The molecule has 1 atom stereocenters. The second-order valence-corrected chi connectivity index (χ2v) is 5.54. The van der Waals surface area contributed by atoms with Gasteiger partial charge in [-0.1, -0.05) is 29.3 Å². The van der Waals surface area contributed by atoms with Crippen LogP contribution in [0.2, 0.25) is 0 Å². The predicted molar refractivity (Wildman–Crippen MR) is 74.3 cm³/mol. The Labute approximate surface area is 110 Å². The first kappa shape index (κ1) is 13.5. The van der Waals surface area contributed by atoms with Crippen LogP contribution in [0.5, 0.6) is 0 Å². The van der Waals surface area contributed by atoms with Crippen molar-refractivity contribution < 1.29 is 4.74 Å². The molecule has 3 heteroatoms. The summed E-state index contributed by atoms with van der Waals surface area (Å²) in [6.07, 6.45) is 4.36. The fraction of sp³-hybridized carbons (Fsp3) is 0.600. The number of hydrazine groups is 1. The van der Waals surface area contributed by atoms with Gasteiger partial charge in [0.25, 0.3) is 0 Å². The minimum absolute atomic E-state index is 0.0631. The molecule has 1 saturated carbocycles. The Morgan fingerprint density at radius 3 is 2.28 bits per heavy atom. The lowest BCUT2D eigenvalue weighted by Crippen LogP contribution is -2.59. The van der Waals surface area contributed by atoms with Gasteiger partial charge in [-0.15, -0.1) is 0 Å². The number of ether oxygens (including phenoxy) is 1. The molecule has 3 N–H and O–H groups in total. The molecule has 0 saturated heterocycles. The van der Waals surface area contributed by atoms with E-state index in [1.54, 1.807) is 7.11 Å². The van der Waals surface area contributed by atoms with Gasteiger partial charge in [0.05, 0.1) is 11.6 Å². The van der Waals surface area contributed by atoms with Crippen LogP contribution in [0.25, 0.3) is 0 Å². The summed E-state index contributed by atoms with van der Waals surface area (Å²) in [4.78, 5) is 0. The first-order valence-corrected chi connectivity index (χ1v) is 6.68. The largest absolute Gasteiger partial charge is 0.377 e. The van der Waals surface area contributed by atoms with Gasteiger partial charge in [-0.05, 0) is 45.1 Å². The molecule has 1 aliphatic rings. The standard InChI is InChI=1S/C15H24N2O/c1-11-7-12(2)9-13(8-11)10-14(17-16)15(18-3)5-4-6-15/h7-9,14,17H,4-6,10,16H2,1-3H3. The zero-order chi connectivity index (χ0) is 13.2. The third kappa shape index (κ3) is 2.58. The lowest BCUT2D eigenvalue weighted by molar-refractivity contribution is -0.0982. The number of methoxy groups -OCH3 is 1. The third-order valence-electron chi connectivity index (χ3n) is 4.16. The van der Waals surface area contributed by atoms with Crippen LogP contribution in [-0.4, -0.2) is 18.8 Å². The van der Waals surface area contributed by atoms with Crippen LogP contribution < -0.4 is 11.3 Å². The zero-order valence-corrected chi connectivity index (χ0v) is 11.6. The minimum Gasteiger partial charge on any atom is -0.377 e. The van der Waals surface area contributed by atoms with E-state index in [1.165, 1.54) is 23.1 Å². The Balaban J connectivity index is 2.15. The first-order valence-electron chi connectivity index (χ1n) is 6.68. The highest BCUT2D eigenvalue weighted by Gasteiger charge is 2.43. The van der Waals surface area contributed by atoms with Crippen molar-refractivity contribution in [1.82, 2.24) is 5.43 Å². The summed E-state index contributed by atoms with van der Waals surface area (Å²) in [7, 11) is 1.80. The van der Waals surface area contributed by atoms with Crippen molar-refractivity contribution in [2.45, 2.75) is 51.2 Å². The summed E-state index contributed by atoms with van der Waals surface area (Å²) in [5, 5.41) is 0. The topological polar surface area (TPSA) is 47.3 Å². The Kier molecular flexibility index (Phi) is 4.05. The van der Waals surface area contributed by atoms with E-state index in [0.717, 1.165) is 19.3 Å². The normalized spacial score (nSPS) is 19.3. The van der Waals surface area contributed by atoms with Gasteiger partial charge in [0, 0.05) is 7.11 Å². The fourth-order valence-electron chi connectivity index (χ4n) is 3.04. The Morgan fingerprint density at radius 1 is 1.28 bits per heavy atom. The van der Waals surface area contributed by atoms with E-state index in [4.69, 9.17) is 10.6 Å². The van der Waals surface area contributed by atoms with E-state index in [2.05, 4.69) is 37.5 Å². The number of aryl methyl sites for hydroxylation is 2. The first-order chi connectivity index (χ1) is 8.59. The van der Waals surface area contributed by atoms with Crippen LogP contribution in [0.1, 0.15) is 36.0 Å². The summed E-state index contributed by atoms with van der Waals surface area (Å²) in [5.74, 6) is 5.74. The van der Waals surface area contributed by atoms with E-state index >= 15 is 0 Å². The van der Waals surface area contributed by atoms with E-state index in [1.807, 2.05) is 0 Å². The molecular weight excluding hydrogens is 224 g/mol. The summed E-state index contributed by atoms with van der Waals surface area (Å²) in [6, 6.07) is 6.86. The van der Waals surface area contributed by atoms with Crippen molar-refractivity contribution in [1.29, 1.82) is 0 Å². The Bertz CT molecular complexity index is 387. The number of rotatable bonds is 5. The molecule has 100 valence electrons. The molecule has 0 aromatic heterocycles. The minimum atomic E-state index is -0.0631. The van der Waals surface area contributed by atoms with Crippen molar-refractivity contribution >= 4 is 0 Å². The maximum Gasteiger partial charge on any atom is 0.0847 e. The third-order valence-corrected chi connectivity index (χ3v) is 4.16. The van der Waals surface area contributed by atoms with Gasteiger partial charge in [-0.2, -0.15) is 0 Å². The molecule has 0 aliphatic heterocycles. The van der Waals surface area contributed by atoms with Crippen molar-refractivity contribution in [2.75, 3.05) is 7.11 Å². The van der Waals surface area contributed by atoms with Crippen LogP contribution in [0.15, 0.2) is 18.2 Å². The van der Waals surface area contributed by atoms with Crippen LogP contribution in [-0.2, 0) is 11.2 Å². The summed E-state index contributed by atoms with van der Waals surface area (Å²) < 4.78 is 5.72. The number of benzene rings is 1. The highest BCUT2D eigenvalue weighted by Crippen LogP contribution is 2.39. The monoisotopic (exact) mass is 248 g/mol. The summed E-state index contributed by atoms with van der Waals surface area (Å²) >= 11 is 0. The van der Waals surface area contributed by atoms with Crippen molar-refractivity contribution in [2.24, 2.45) is 5.84 Å². The SMILES string of the molecule is COC1(C(Cc2cc(C)cc(C)c2)NN)CCC1. The van der Waals surface area contributed by atoms with E-state index in [9.17, 15) is 0 Å². The van der Waals surface area contributed by atoms with Gasteiger partial charge in [-0.3, -0.25) is 11.3 Å². The molecule has 1 aliphatic carbocycles. The predicted octanol–water partition coefficient (Wildman–Crippen LogP) is 2.25. The number of hydrogen-bond donors (Lipinski definition) is 2. The van der Waals surface area contributed by atoms with Gasteiger partial charge < -0.3 is 4.74 Å². The molecule has 0 bridgehead atoms. The molecule has 1 unspecified atom stereocenters. The quantitative estimate of drug-likeness (QED) is 0.620. The summed E-state index contributed by atoms with van der Waals surface area (Å²) in [6.45, 7) is 4.27. The van der Waals surface area contributed by atoms with E-state index in [-0.39, 0.29) is 11.6 Å². The number of hydrogen-bond acceptors (Lipinski definition) is 3. The molecule has 2 rings (SSSR count). The molecule has 1 aromatic rings. The fourth-order valence-corrected chi connectivity index (χ4v) is 3.04. The molecule has 3 nitrogen and oxygen atoms in total. The number of nitrogens with one attached hydrogen (secondary N) is 1.